The average molecular weight is 264 g/mol. The smallest absolute Gasteiger partial charge is 0.261 e. The molecule has 18 heavy (non-hydrogen) atoms. The van der Waals surface area contributed by atoms with Crippen LogP contribution in [0, 0.1) is 6.92 Å². The molecule has 6 heteroatoms. The summed E-state index contributed by atoms with van der Waals surface area (Å²) in [6.45, 7) is 1.77. The Kier molecular flexibility index (Phi) is 3.20. The Labute approximate surface area is 105 Å². The van der Waals surface area contributed by atoms with Gasteiger partial charge in [0.15, 0.2) is 0 Å². The molecule has 94 valence electrons. The molecule has 2 aromatic rings. The summed E-state index contributed by atoms with van der Waals surface area (Å²) in [5.41, 5.74) is 1.22. The number of aryl methyl sites for hydroxylation is 1. The normalized spacial score (nSPS) is 11.2. The topological polar surface area (TPSA) is 79.3 Å². The third-order valence-corrected chi connectivity index (χ3v) is 3.79. The lowest BCUT2D eigenvalue weighted by Gasteiger charge is -2.09. The highest BCUT2D eigenvalue weighted by molar-refractivity contribution is 7.92. The van der Waals surface area contributed by atoms with Gasteiger partial charge >= 0.3 is 0 Å². The summed E-state index contributed by atoms with van der Waals surface area (Å²) in [5, 5.41) is 9.13. The lowest BCUT2D eigenvalue weighted by molar-refractivity contribution is 0.475. The van der Waals surface area contributed by atoms with Gasteiger partial charge in [0.1, 0.15) is 5.75 Å². The fourth-order valence-electron chi connectivity index (χ4n) is 1.42. The van der Waals surface area contributed by atoms with E-state index < -0.39 is 10.0 Å². The van der Waals surface area contributed by atoms with Crippen molar-refractivity contribution in [1.82, 2.24) is 4.98 Å². The SMILES string of the molecule is Cc1cnccc1NS(=O)(=O)c1ccc(O)cc1. The van der Waals surface area contributed by atoms with Crippen LogP contribution < -0.4 is 4.72 Å². The number of rotatable bonds is 3. The maximum atomic E-state index is 12.1. The minimum atomic E-state index is -3.64. The summed E-state index contributed by atoms with van der Waals surface area (Å²) < 4.78 is 26.6. The van der Waals surface area contributed by atoms with Gasteiger partial charge in [0.05, 0.1) is 10.6 Å². The molecule has 0 saturated heterocycles. The van der Waals surface area contributed by atoms with E-state index in [0.29, 0.717) is 5.69 Å². The molecule has 0 fully saturated rings. The molecule has 0 aliphatic heterocycles. The van der Waals surface area contributed by atoms with Crippen LogP contribution >= 0.6 is 0 Å². The molecule has 1 aromatic carbocycles. The molecule has 5 nitrogen and oxygen atoms in total. The van der Waals surface area contributed by atoms with E-state index >= 15 is 0 Å². The Morgan fingerprint density at radius 2 is 1.83 bits per heavy atom. The molecule has 0 saturated carbocycles. The van der Waals surface area contributed by atoms with Gasteiger partial charge in [0, 0.05) is 12.4 Å². The van der Waals surface area contributed by atoms with Crippen LogP contribution in [0.3, 0.4) is 0 Å². The van der Waals surface area contributed by atoms with Gasteiger partial charge in [-0.05, 0) is 42.8 Å². The second-order valence-corrected chi connectivity index (χ2v) is 5.47. The highest BCUT2D eigenvalue weighted by Gasteiger charge is 2.14. The predicted molar refractivity (Wildman–Crippen MR) is 67.9 cm³/mol. The van der Waals surface area contributed by atoms with Gasteiger partial charge in [0.2, 0.25) is 0 Å². The van der Waals surface area contributed by atoms with Crippen molar-refractivity contribution >= 4 is 15.7 Å². The van der Waals surface area contributed by atoms with E-state index in [1.807, 2.05) is 0 Å². The van der Waals surface area contributed by atoms with Crippen LogP contribution in [0.15, 0.2) is 47.6 Å². The van der Waals surface area contributed by atoms with E-state index in [2.05, 4.69) is 9.71 Å². The maximum Gasteiger partial charge on any atom is 0.261 e. The van der Waals surface area contributed by atoms with E-state index in [0.717, 1.165) is 5.56 Å². The van der Waals surface area contributed by atoms with Crippen molar-refractivity contribution in [2.75, 3.05) is 4.72 Å². The second kappa shape index (κ2) is 4.66. The van der Waals surface area contributed by atoms with Crippen molar-refractivity contribution in [2.45, 2.75) is 11.8 Å². The first kappa shape index (κ1) is 12.4. The molecule has 1 aromatic heterocycles. The Bertz CT molecular complexity index is 651. The number of hydrogen-bond acceptors (Lipinski definition) is 4. The van der Waals surface area contributed by atoms with Gasteiger partial charge in [-0.25, -0.2) is 8.42 Å². The zero-order valence-corrected chi connectivity index (χ0v) is 10.5. The highest BCUT2D eigenvalue weighted by atomic mass is 32.2. The van der Waals surface area contributed by atoms with Crippen molar-refractivity contribution in [1.29, 1.82) is 0 Å². The van der Waals surface area contributed by atoms with Crippen LogP contribution in [-0.2, 0) is 10.0 Å². The molecule has 0 atom stereocenters. The number of benzene rings is 1. The van der Waals surface area contributed by atoms with Crippen molar-refractivity contribution in [2.24, 2.45) is 0 Å². The molecule has 0 bridgehead atoms. The molecule has 1 heterocycles. The third kappa shape index (κ3) is 2.60. The van der Waals surface area contributed by atoms with Crippen molar-refractivity contribution in [3.63, 3.8) is 0 Å². The zero-order chi connectivity index (χ0) is 13.2. The molecular weight excluding hydrogens is 252 g/mol. The molecule has 0 aliphatic carbocycles. The van der Waals surface area contributed by atoms with Gasteiger partial charge in [-0.3, -0.25) is 9.71 Å². The number of hydrogen-bond donors (Lipinski definition) is 2. The fraction of sp³-hybridized carbons (Fsp3) is 0.0833. The Hall–Kier alpha value is -2.08. The highest BCUT2D eigenvalue weighted by Crippen LogP contribution is 2.20. The quantitative estimate of drug-likeness (QED) is 0.887. The zero-order valence-electron chi connectivity index (χ0n) is 9.66. The minimum Gasteiger partial charge on any atom is -0.508 e. The summed E-state index contributed by atoms with van der Waals surface area (Å²) in [5.74, 6) is 0.0223. The van der Waals surface area contributed by atoms with Crippen LogP contribution in [0.1, 0.15) is 5.56 Å². The summed E-state index contributed by atoms with van der Waals surface area (Å²) in [6, 6.07) is 6.93. The van der Waals surface area contributed by atoms with Crippen LogP contribution in [-0.4, -0.2) is 18.5 Å². The van der Waals surface area contributed by atoms with Gasteiger partial charge in [0.25, 0.3) is 10.0 Å². The summed E-state index contributed by atoms with van der Waals surface area (Å²) in [6.07, 6.45) is 3.09. The third-order valence-electron chi connectivity index (χ3n) is 2.41. The maximum absolute atomic E-state index is 12.1. The van der Waals surface area contributed by atoms with Gasteiger partial charge in [-0.2, -0.15) is 0 Å². The number of phenols is 1. The van der Waals surface area contributed by atoms with Gasteiger partial charge < -0.3 is 5.11 Å². The molecule has 0 aliphatic rings. The van der Waals surface area contributed by atoms with Crippen LogP contribution in [0.25, 0.3) is 0 Å². The summed E-state index contributed by atoms with van der Waals surface area (Å²) in [7, 11) is -3.64. The van der Waals surface area contributed by atoms with Gasteiger partial charge in [-0.1, -0.05) is 0 Å². The van der Waals surface area contributed by atoms with Crippen molar-refractivity contribution in [3.05, 3.63) is 48.3 Å². The summed E-state index contributed by atoms with van der Waals surface area (Å²) >= 11 is 0. The monoisotopic (exact) mass is 264 g/mol. The first-order valence-electron chi connectivity index (χ1n) is 5.21. The number of nitrogens with zero attached hydrogens (tertiary/aromatic N) is 1. The summed E-state index contributed by atoms with van der Waals surface area (Å²) in [4.78, 5) is 3.99. The molecule has 0 unspecified atom stereocenters. The van der Waals surface area contributed by atoms with E-state index in [-0.39, 0.29) is 10.6 Å². The van der Waals surface area contributed by atoms with E-state index in [1.54, 1.807) is 19.2 Å². The predicted octanol–water partition coefficient (Wildman–Crippen LogP) is 1.90. The standard InChI is InChI=1S/C12H12N2O3S/c1-9-8-13-7-6-12(9)14-18(16,17)11-4-2-10(15)3-5-11/h2-8,15H,1H3,(H,13,14). The molecule has 2 rings (SSSR count). The molecule has 0 amide bonds. The number of anilines is 1. The number of aromatic hydroxyl groups is 1. The Balaban J connectivity index is 2.33. The lowest BCUT2D eigenvalue weighted by Crippen LogP contribution is -2.13. The number of aromatic nitrogens is 1. The first-order valence-corrected chi connectivity index (χ1v) is 6.70. The van der Waals surface area contributed by atoms with Gasteiger partial charge in [-0.15, -0.1) is 0 Å². The first-order chi connectivity index (χ1) is 8.49. The average Bonchev–Trinajstić information content (AvgIpc) is 2.32. The lowest BCUT2D eigenvalue weighted by atomic mass is 10.3. The van der Waals surface area contributed by atoms with Crippen molar-refractivity contribution < 1.29 is 13.5 Å². The number of phenolic OH excluding ortho intramolecular Hbond substituents is 1. The molecule has 0 radical (unpaired) electrons. The van der Waals surface area contributed by atoms with Crippen molar-refractivity contribution in [3.8, 4) is 5.75 Å². The largest absolute Gasteiger partial charge is 0.508 e. The molecule has 2 N–H and O–H groups in total. The van der Waals surface area contributed by atoms with Crippen LogP contribution in [0.4, 0.5) is 5.69 Å². The Morgan fingerprint density at radius 3 is 2.44 bits per heavy atom. The van der Waals surface area contributed by atoms with Crippen LogP contribution in [0.5, 0.6) is 5.75 Å². The van der Waals surface area contributed by atoms with E-state index in [4.69, 9.17) is 5.11 Å². The number of pyridine rings is 1. The fourth-order valence-corrected chi connectivity index (χ4v) is 2.55. The molecular formula is C12H12N2O3S. The van der Waals surface area contributed by atoms with Crippen LogP contribution in [0.2, 0.25) is 0 Å². The number of nitrogens with one attached hydrogen (secondary N) is 1. The number of sulfonamides is 1. The van der Waals surface area contributed by atoms with E-state index in [1.165, 1.54) is 30.5 Å². The molecule has 0 spiro atoms. The minimum absolute atomic E-state index is 0.0223. The van der Waals surface area contributed by atoms with E-state index in [9.17, 15) is 8.42 Å². The second-order valence-electron chi connectivity index (χ2n) is 3.79. The Morgan fingerprint density at radius 1 is 1.17 bits per heavy atom.